The van der Waals surface area contributed by atoms with Crippen LogP contribution in [0.5, 0.6) is 0 Å². The topological polar surface area (TPSA) is 74.6 Å². The number of nitrogens with zero attached hydrogens (tertiary/aromatic N) is 2. The van der Waals surface area contributed by atoms with Crippen LogP contribution in [-0.2, 0) is 11.3 Å². The van der Waals surface area contributed by atoms with Crippen LogP contribution in [0.4, 0.5) is 4.39 Å². The number of hydrogen-bond acceptors (Lipinski definition) is 4. The Balaban J connectivity index is 1.48. The van der Waals surface area contributed by atoms with Crippen LogP contribution in [0.15, 0.2) is 41.2 Å². The fraction of sp³-hybridized carbons (Fsp3) is 0.478. The number of carbonyl (C=O) groups excluding carboxylic acids is 1. The number of carbonyl (C=O) groups is 1. The Morgan fingerprint density at radius 2 is 2.07 bits per heavy atom. The number of likely N-dealkylation sites (N-methyl/N-ethyl adjacent to an activating group) is 1. The number of aliphatic hydroxyl groups is 1. The zero-order valence-corrected chi connectivity index (χ0v) is 16.9. The molecule has 158 valence electrons. The van der Waals surface area contributed by atoms with Crippen LogP contribution >= 0.6 is 0 Å². The fourth-order valence-corrected chi connectivity index (χ4v) is 5.49. The van der Waals surface area contributed by atoms with Crippen molar-refractivity contribution in [3.63, 3.8) is 0 Å². The number of aliphatic hydroxyl groups excluding tert-OH is 1. The van der Waals surface area contributed by atoms with Gasteiger partial charge in [-0.2, -0.15) is 0 Å². The molecule has 0 spiro atoms. The molecule has 1 saturated carbocycles. The highest BCUT2D eigenvalue weighted by Gasteiger charge is 2.54. The minimum absolute atomic E-state index is 0.0207. The van der Waals surface area contributed by atoms with E-state index in [1.165, 1.54) is 12.1 Å². The van der Waals surface area contributed by atoms with Crippen LogP contribution in [0.2, 0.25) is 0 Å². The van der Waals surface area contributed by atoms with E-state index in [9.17, 15) is 19.1 Å². The average Bonchev–Trinajstić information content (AvgIpc) is 3.20. The number of amides is 1. The van der Waals surface area contributed by atoms with Gasteiger partial charge in [0.2, 0.25) is 5.91 Å². The minimum atomic E-state index is -0.405. The molecular formula is C23H26FN3O3. The number of aromatic nitrogens is 1. The molecule has 3 aliphatic rings. The van der Waals surface area contributed by atoms with Crippen LogP contribution in [0.3, 0.4) is 0 Å². The lowest BCUT2D eigenvalue weighted by molar-refractivity contribution is -0.128. The van der Waals surface area contributed by atoms with Gasteiger partial charge in [-0.15, -0.1) is 0 Å². The second kappa shape index (κ2) is 7.32. The van der Waals surface area contributed by atoms with E-state index in [0.717, 1.165) is 25.0 Å². The first-order valence-electron chi connectivity index (χ1n) is 10.6. The molecule has 7 heteroatoms. The molecule has 4 atom stereocenters. The Kier molecular flexibility index (Phi) is 4.75. The van der Waals surface area contributed by atoms with Gasteiger partial charge in [-0.25, -0.2) is 4.39 Å². The van der Waals surface area contributed by atoms with Gasteiger partial charge in [0, 0.05) is 42.3 Å². The highest BCUT2D eigenvalue weighted by atomic mass is 19.1. The number of fused-ring (bicyclic) bond motifs is 3. The van der Waals surface area contributed by atoms with Crippen molar-refractivity contribution < 1.29 is 14.3 Å². The summed E-state index contributed by atoms with van der Waals surface area (Å²) in [6, 6.07) is 9.43. The summed E-state index contributed by atoms with van der Waals surface area (Å²) in [6.07, 6.45) is 3.17. The fourth-order valence-electron chi connectivity index (χ4n) is 5.49. The summed E-state index contributed by atoms with van der Waals surface area (Å²) in [4.78, 5) is 28.1. The zero-order valence-electron chi connectivity index (χ0n) is 16.9. The first-order chi connectivity index (χ1) is 14.5. The maximum absolute atomic E-state index is 13.7. The summed E-state index contributed by atoms with van der Waals surface area (Å²) in [6.45, 7) is 0.346. The molecular weight excluding hydrogens is 385 g/mol. The van der Waals surface area contributed by atoms with Gasteiger partial charge in [0.25, 0.3) is 5.56 Å². The third-order valence-corrected chi connectivity index (χ3v) is 7.21. The van der Waals surface area contributed by atoms with Gasteiger partial charge in [-0.3, -0.25) is 14.5 Å². The summed E-state index contributed by atoms with van der Waals surface area (Å²) < 4.78 is 15.4. The molecule has 1 amide bonds. The number of pyridine rings is 1. The van der Waals surface area contributed by atoms with Crippen LogP contribution in [0.25, 0.3) is 11.1 Å². The van der Waals surface area contributed by atoms with Gasteiger partial charge in [-0.05, 0) is 56.1 Å². The van der Waals surface area contributed by atoms with E-state index in [2.05, 4.69) is 5.32 Å². The van der Waals surface area contributed by atoms with E-state index in [-0.39, 0.29) is 47.8 Å². The van der Waals surface area contributed by atoms with E-state index in [1.807, 2.05) is 18.0 Å². The molecule has 0 bridgehead atoms. The molecule has 6 nitrogen and oxygen atoms in total. The molecule has 2 aromatic rings. The Hall–Kier alpha value is -2.51. The van der Waals surface area contributed by atoms with Crippen LogP contribution in [0.1, 0.15) is 31.0 Å². The summed E-state index contributed by atoms with van der Waals surface area (Å²) in [7, 11) is 1.90. The second-order valence-corrected chi connectivity index (χ2v) is 8.80. The van der Waals surface area contributed by atoms with Crippen molar-refractivity contribution >= 4 is 5.91 Å². The number of halogens is 1. The third-order valence-electron chi connectivity index (χ3n) is 7.21. The number of benzene rings is 1. The quantitative estimate of drug-likeness (QED) is 0.806. The summed E-state index contributed by atoms with van der Waals surface area (Å²) in [5.41, 5.74) is 1.70. The van der Waals surface area contributed by atoms with Crippen molar-refractivity contribution in [1.29, 1.82) is 0 Å². The molecule has 1 aliphatic carbocycles. The molecule has 5 rings (SSSR count). The average molecular weight is 411 g/mol. The van der Waals surface area contributed by atoms with E-state index >= 15 is 0 Å². The van der Waals surface area contributed by atoms with Gasteiger partial charge in [0.15, 0.2) is 0 Å². The van der Waals surface area contributed by atoms with Crippen molar-refractivity contribution in [2.24, 2.45) is 11.8 Å². The van der Waals surface area contributed by atoms with Gasteiger partial charge >= 0.3 is 0 Å². The molecule has 1 aromatic heterocycles. The standard InChI is InChI=1S/C23H26FN3O3/c1-26-20-17(18(12-28)21(26)22(29)25-15-6-3-7-15)11-27-19(20)9-8-16(23(27)30)13-4-2-5-14(24)10-13/h2,4-5,8-10,15,17-18,20-21,28H,3,6-7,11-12H2,1H3,(H,25,29)/t17-,18-,20+,21-/m0/s1. The monoisotopic (exact) mass is 411 g/mol. The van der Waals surface area contributed by atoms with Gasteiger partial charge in [-0.1, -0.05) is 12.1 Å². The van der Waals surface area contributed by atoms with Gasteiger partial charge < -0.3 is 15.0 Å². The number of hydrogen-bond donors (Lipinski definition) is 2. The van der Waals surface area contributed by atoms with E-state index in [4.69, 9.17) is 0 Å². The number of rotatable bonds is 4. The SMILES string of the molecule is CN1[C@H](C(=O)NC2CCC2)[C@@H](CO)[C@@H]2Cn3c(ccc(-c4cccc(F)c4)c3=O)[C@@H]21. The van der Waals surface area contributed by atoms with Crippen LogP contribution in [-0.4, -0.2) is 46.2 Å². The molecule has 30 heavy (non-hydrogen) atoms. The molecule has 2 fully saturated rings. The lowest BCUT2D eigenvalue weighted by Crippen LogP contribution is -2.51. The van der Waals surface area contributed by atoms with Crippen LogP contribution in [0, 0.1) is 17.7 Å². The van der Waals surface area contributed by atoms with E-state index < -0.39 is 6.04 Å². The minimum Gasteiger partial charge on any atom is -0.396 e. The first-order valence-corrected chi connectivity index (χ1v) is 10.6. The maximum Gasteiger partial charge on any atom is 0.258 e. The largest absolute Gasteiger partial charge is 0.396 e. The van der Waals surface area contributed by atoms with E-state index in [0.29, 0.717) is 17.7 Å². The lowest BCUT2D eigenvalue weighted by Gasteiger charge is -2.32. The van der Waals surface area contributed by atoms with Crippen molar-refractivity contribution in [1.82, 2.24) is 14.8 Å². The Morgan fingerprint density at radius 1 is 1.27 bits per heavy atom. The molecule has 2 aliphatic heterocycles. The molecule has 0 unspecified atom stereocenters. The second-order valence-electron chi connectivity index (χ2n) is 8.80. The molecule has 0 radical (unpaired) electrons. The van der Waals surface area contributed by atoms with Gasteiger partial charge in [0.05, 0.1) is 12.1 Å². The van der Waals surface area contributed by atoms with Crippen molar-refractivity contribution in [3.05, 3.63) is 58.3 Å². The smallest absolute Gasteiger partial charge is 0.258 e. The molecule has 1 aromatic carbocycles. The summed E-state index contributed by atoms with van der Waals surface area (Å²) in [5, 5.41) is 13.2. The van der Waals surface area contributed by atoms with E-state index in [1.54, 1.807) is 22.8 Å². The third kappa shape index (κ3) is 2.91. The predicted molar refractivity (Wildman–Crippen MR) is 110 cm³/mol. The first kappa shape index (κ1) is 19.5. The van der Waals surface area contributed by atoms with Crippen LogP contribution < -0.4 is 10.9 Å². The summed E-state index contributed by atoms with van der Waals surface area (Å²) in [5.74, 6) is -0.666. The molecule has 3 heterocycles. The Morgan fingerprint density at radius 3 is 2.73 bits per heavy atom. The lowest BCUT2D eigenvalue weighted by atomic mass is 9.87. The maximum atomic E-state index is 13.7. The predicted octanol–water partition coefficient (Wildman–Crippen LogP) is 1.92. The van der Waals surface area contributed by atoms with Crippen molar-refractivity contribution in [2.45, 2.75) is 43.9 Å². The Bertz CT molecular complexity index is 1050. The highest BCUT2D eigenvalue weighted by Crippen LogP contribution is 2.48. The number of nitrogens with one attached hydrogen (secondary N) is 1. The van der Waals surface area contributed by atoms with Crippen molar-refractivity contribution in [2.75, 3.05) is 13.7 Å². The molecule has 2 N–H and O–H groups in total. The van der Waals surface area contributed by atoms with Gasteiger partial charge in [0.1, 0.15) is 5.82 Å². The zero-order chi connectivity index (χ0) is 21.0. The number of likely N-dealkylation sites (tertiary alicyclic amines) is 1. The normalized spacial score (nSPS) is 28.1. The molecule has 1 saturated heterocycles. The van der Waals surface area contributed by atoms with Crippen molar-refractivity contribution in [3.8, 4) is 11.1 Å². The highest BCUT2D eigenvalue weighted by molar-refractivity contribution is 5.83. The Labute approximate surface area is 174 Å². The summed E-state index contributed by atoms with van der Waals surface area (Å²) >= 11 is 0.